The highest BCUT2D eigenvalue weighted by atomic mass is 35.5. The number of nitrogens with zero attached hydrogens (tertiary/aromatic N) is 3. The standard InChI is InChI=1S/C19H25Cl2N3O2S/c20-16-4-3-15(13-17(16)21)14-24(10-9-22-6-1-2-7-22)18(25)5-8-23-11-12-27-19(23)26/h3-4,13H,1-2,5-12,14H2. The number of halogens is 2. The zero-order valence-corrected chi connectivity index (χ0v) is 17.7. The summed E-state index contributed by atoms with van der Waals surface area (Å²) in [5, 5.41) is 1.09. The first-order valence-corrected chi connectivity index (χ1v) is 11.1. The molecule has 3 rings (SSSR count). The van der Waals surface area contributed by atoms with Crippen molar-refractivity contribution in [3.05, 3.63) is 33.8 Å². The lowest BCUT2D eigenvalue weighted by molar-refractivity contribution is -0.132. The number of carbonyl (C=O) groups is 2. The Balaban J connectivity index is 1.60. The molecule has 5 nitrogen and oxygen atoms in total. The van der Waals surface area contributed by atoms with Crippen LogP contribution in [0.3, 0.4) is 0 Å². The van der Waals surface area contributed by atoms with Crippen LogP contribution in [-0.4, -0.2) is 70.9 Å². The zero-order chi connectivity index (χ0) is 19.2. The molecule has 8 heteroatoms. The van der Waals surface area contributed by atoms with Gasteiger partial charge in [-0.3, -0.25) is 9.59 Å². The van der Waals surface area contributed by atoms with Crippen LogP contribution in [0.15, 0.2) is 18.2 Å². The van der Waals surface area contributed by atoms with Crippen molar-refractivity contribution in [2.75, 3.05) is 45.0 Å². The number of rotatable bonds is 8. The van der Waals surface area contributed by atoms with Gasteiger partial charge >= 0.3 is 0 Å². The van der Waals surface area contributed by atoms with Crippen molar-refractivity contribution in [2.24, 2.45) is 0 Å². The van der Waals surface area contributed by atoms with E-state index in [1.54, 1.807) is 11.0 Å². The first kappa shape index (κ1) is 20.8. The Kier molecular flexibility index (Phi) is 7.70. The van der Waals surface area contributed by atoms with Crippen molar-refractivity contribution in [2.45, 2.75) is 25.8 Å². The summed E-state index contributed by atoms with van der Waals surface area (Å²) in [6.45, 7) is 5.51. The molecular weight excluding hydrogens is 405 g/mol. The van der Waals surface area contributed by atoms with E-state index in [0.29, 0.717) is 36.1 Å². The van der Waals surface area contributed by atoms with E-state index in [1.165, 1.54) is 24.6 Å². The third kappa shape index (κ3) is 6.01. The summed E-state index contributed by atoms with van der Waals surface area (Å²) in [5.74, 6) is 0.889. The predicted octanol–water partition coefficient (Wildman–Crippen LogP) is 3.98. The summed E-state index contributed by atoms with van der Waals surface area (Å²) in [6.07, 6.45) is 2.82. The molecule has 2 amide bonds. The van der Waals surface area contributed by atoms with Gasteiger partial charge in [0.1, 0.15) is 0 Å². The number of thioether (sulfide) groups is 1. The van der Waals surface area contributed by atoms with Crippen LogP contribution < -0.4 is 0 Å². The molecule has 2 aliphatic rings. The number of hydrogen-bond donors (Lipinski definition) is 0. The van der Waals surface area contributed by atoms with Gasteiger partial charge in [-0.1, -0.05) is 41.0 Å². The van der Waals surface area contributed by atoms with Crippen LogP contribution in [0.25, 0.3) is 0 Å². The van der Waals surface area contributed by atoms with Gasteiger partial charge in [0.05, 0.1) is 10.0 Å². The predicted molar refractivity (Wildman–Crippen MR) is 112 cm³/mol. The van der Waals surface area contributed by atoms with E-state index in [4.69, 9.17) is 23.2 Å². The van der Waals surface area contributed by atoms with Gasteiger partial charge in [-0.2, -0.15) is 0 Å². The Morgan fingerprint density at radius 1 is 1.11 bits per heavy atom. The molecule has 2 heterocycles. The molecule has 148 valence electrons. The van der Waals surface area contributed by atoms with Gasteiger partial charge in [0.25, 0.3) is 5.24 Å². The number of amides is 2. The maximum atomic E-state index is 12.9. The van der Waals surface area contributed by atoms with Gasteiger partial charge in [-0.05, 0) is 43.6 Å². The molecule has 0 spiro atoms. The minimum Gasteiger partial charge on any atom is -0.337 e. The van der Waals surface area contributed by atoms with E-state index in [0.717, 1.165) is 37.5 Å². The molecule has 1 aromatic carbocycles. The largest absolute Gasteiger partial charge is 0.337 e. The summed E-state index contributed by atoms with van der Waals surface area (Å²) in [6, 6.07) is 5.49. The second-order valence-corrected chi connectivity index (χ2v) is 8.82. The highest BCUT2D eigenvalue weighted by Gasteiger charge is 2.23. The molecule has 0 aromatic heterocycles. The number of carbonyl (C=O) groups excluding carboxylic acids is 2. The highest BCUT2D eigenvalue weighted by Crippen LogP contribution is 2.24. The second kappa shape index (κ2) is 10.0. The quantitative estimate of drug-likeness (QED) is 0.626. The van der Waals surface area contributed by atoms with Crippen LogP contribution in [0.2, 0.25) is 10.0 Å². The first-order valence-electron chi connectivity index (χ1n) is 9.38. The van der Waals surface area contributed by atoms with Gasteiger partial charge in [-0.25, -0.2) is 0 Å². The molecule has 0 atom stereocenters. The Labute approximate surface area is 174 Å². The fourth-order valence-electron chi connectivity index (χ4n) is 3.44. The molecule has 0 N–H and O–H groups in total. The van der Waals surface area contributed by atoms with Crippen LogP contribution in [-0.2, 0) is 11.3 Å². The minimum absolute atomic E-state index is 0.0740. The molecule has 27 heavy (non-hydrogen) atoms. The van der Waals surface area contributed by atoms with Crippen LogP contribution in [0.5, 0.6) is 0 Å². The van der Waals surface area contributed by atoms with Crippen LogP contribution >= 0.6 is 35.0 Å². The monoisotopic (exact) mass is 429 g/mol. The Bertz CT molecular complexity index is 683. The Morgan fingerprint density at radius 2 is 1.89 bits per heavy atom. The molecule has 2 fully saturated rings. The average Bonchev–Trinajstić information content (AvgIpc) is 3.31. The smallest absolute Gasteiger partial charge is 0.281 e. The van der Waals surface area contributed by atoms with E-state index in [2.05, 4.69) is 4.90 Å². The van der Waals surface area contributed by atoms with Crippen LogP contribution in [0.4, 0.5) is 4.79 Å². The van der Waals surface area contributed by atoms with Crippen LogP contribution in [0.1, 0.15) is 24.8 Å². The zero-order valence-electron chi connectivity index (χ0n) is 15.3. The van der Waals surface area contributed by atoms with Crippen molar-refractivity contribution >= 4 is 46.1 Å². The van der Waals surface area contributed by atoms with Gasteiger partial charge in [-0.15, -0.1) is 0 Å². The van der Waals surface area contributed by atoms with Crippen molar-refractivity contribution in [3.8, 4) is 0 Å². The topological polar surface area (TPSA) is 43.9 Å². The van der Waals surface area contributed by atoms with E-state index < -0.39 is 0 Å². The van der Waals surface area contributed by atoms with Crippen molar-refractivity contribution in [3.63, 3.8) is 0 Å². The van der Waals surface area contributed by atoms with Crippen molar-refractivity contribution in [1.82, 2.24) is 14.7 Å². The average molecular weight is 430 g/mol. The first-order chi connectivity index (χ1) is 13.0. The Morgan fingerprint density at radius 3 is 2.56 bits per heavy atom. The summed E-state index contributed by atoms with van der Waals surface area (Å²) in [4.78, 5) is 30.7. The van der Waals surface area contributed by atoms with Gasteiger partial charge in [0.15, 0.2) is 0 Å². The van der Waals surface area contributed by atoms with Crippen molar-refractivity contribution in [1.29, 1.82) is 0 Å². The third-order valence-electron chi connectivity index (χ3n) is 5.04. The maximum Gasteiger partial charge on any atom is 0.281 e. The fraction of sp³-hybridized carbons (Fsp3) is 0.579. The van der Waals surface area contributed by atoms with E-state index in [1.807, 2.05) is 17.0 Å². The molecule has 2 saturated heterocycles. The van der Waals surface area contributed by atoms with Crippen molar-refractivity contribution < 1.29 is 9.59 Å². The summed E-state index contributed by atoms with van der Waals surface area (Å²) >= 11 is 13.5. The normalized spacial score (nSPS) is 17.7. The molecule has 0 unspecified atom stereocenters. The molecule has 0 bridgehead atoms. The SMILES string of the molecule is O=C(CCN1CCSC1=O)N(CCN1CCCC1)Cc1ccc(Cl)c(Cl)c1. The van der Waals surface area contributed by atoms with E-state index >= 15 is 0 Å². The molecule has 1 aromatic rings. The van der Waals surface area contributed by atoms with Gasteiger partial charge in [0, 0.05) is 44.9 Å². The number of likely N-dealkylation sites (tertiary alicyclic amines) is 1. The molecule has 0 radical (unpaired) electrons. The molecule has 0 saturated carbocycles. The van der Waals surface area contributed by atoms with E-state index in [-0.39, 0.29) is 11.1 Å². The lowest BCUT2D eigenvalue weighted by Gasteiger charge is -2.26. The van der Waals surface area contributed by atoms with E-state index in [9.17, 15) is 9.59 Å². The molecule has 2 aliphatic heterocycles. The van der Waals surface area contributed by atoms with Gasteiger partial charge in [0.2, 0.25) is 5.91 Å². The lowest BCUT2D eigenvalue weighted by Crippen LogP contribution is -2.39. The molecule has 0 aliphatic carbocycles. The van der Waals surface area contributed by atoms with Gasteiger partial charge < -0.3 is 14.7 Å². The highest BCUT2D eigenvalue weighted by molar-refractivity contribution is 8.13. The lowest BCUT2D eigenvalue weighted by atomic mass is 10.2. The summed E-state index contributed by atoms with van der Waals surface area (Å²) in [7, 11) is 0. The third-order valence-corrected chi connectivity index (χ3v) is 6.67. The summed E-state index contributed by atoms with van der Waals surface area (Å²) in [5.41, 5.74) is 0.965. The maximum absolute atomic E-state index is 12.9. The number of benzene rings is 1. The summed E-state index contributed by atoms with van der Waals surface area (Å²) < 4.78 is 0. The minimum atomic E-state index is 0.0740. The number of hydrogen-bond acceptors (Lipinski definition) is 4. The van der Waals surface area contributed by atoms with Crippen LogP contribution in [0, 0.1) is 0 Å². The second-order valence-electron chi connectivity index (χ2n) is 6.96. The fourth-order valence-corrected chi connectivity index (χ4v) is 4.61. The molecular formula is C19H25Cl2N3O2S. The Hall–Kier alpha value is -0.950.